The molecule has 1 saturated heterocycles. The molecule has 1 heterocycles. The molecule has 0 aromatic carbocycles. The van der Waals surface area contributed by atoms with Gasteiger partial charge in [-0.3, -0.25) is 14.4 Å². The molecule has 0 spiro atoms. The van der Waals surface area contributed by atoms with Crippen molar-refractivity contribution in [2.75, 3.05) is 6.54 Å². The van der Waals surface area contributed by atoms with Crippen molar-refractivity contribution in [3.05, 3.63) is 10.1 Å². The molecule has 2 bridgehead atoms. The lowest BCUT2D eigenvalue weighted by atomic mass is 9.43. The van der Waals surface area contributed by atoms with Crippen molar-refractivity contribution in [2.45, 2.75) is 155 Å². The largest absolute Gasteiger partial charge is 0.481 e. The van der Waals surface area contributed by atoms with E-state index in [1.807, 2.05) is 5.43 Å². The molecule has 0 aromatic rings. The van der Waals surface area contributed by atoms with Crippen molar-refractivity contribution in [1.82, 2.24) is 16.1 Å². The number of primary amides is 1. The molecule has 4 aliphatic rings. The zero-order chi connectivity index (χ0) is 35.5. The van der Waals surface area contributed by atoms with Crippen molar-refractivity contribution in [1.29, 1.82) is 0 Å². The van der Waals surface area contributed by atoms with Gasteiger partial charge in [-0.25, -0.2) is 15.1 Å². The van der Waals surface area contributed by atoms with Crippen LogP contribution in [0.3, 0.4) is 0 Å². The molecule has 0 unspecified atom stereocenters. The number of rotatable bonds is 22. The zero-order valence-electron chi connectivity index (χ0n) is 29.8. The van der Waals surface area contributed by atoms with Gasteiger partial charge in [-0.05, 0) is 75.0 Å². The van der Waals surface area contributed by atoms with E-state index in [0.717, 1.165) is 57.8 Å². The maximum absolute atomic E-state index is 13.8. The summed E-state index contributed by atoms with van der Waals surface area (Å²) in [6, 6.07) is -0.821. The minimum Gasteiger partial charge on any atom is -0.404 e. The molecule has 3 saturated carbocycles. The van der Waals surface area contributed by atoms with E-state index in [1.165, 1.54) is 0 Å². The minimum atomic E-state index is -0.821. The Morgan fingerprint density at radius 1 is 0.958 bits per heavy atom. The van der Waals surface area contributed by atoms with E-state index in [2.05, 4.69) is 50.2 Å². The van der Waals surface area contributed by atoms with E-state index in [4.69, 9.17) is 20.8 Å². The van der Waals surface area contributed by atoms with Crippen LogP contribution in [0.1, 0.15) is 131 Å². The fraction of sp³-hybridized carbons (Fsp3) is 0.879. The lowest BCUT2D eigenvalue weighted by Crippen LogP contribution is -2.65. The summed E-state index contributed by atoms with van der Waals surface area (Å²) in [7, 11) is -0.585. The number of nitrogens with two attached hydrogens (primary N) is 2. The topological polar surface area (TPSA) is 213 Å². The van der Waals surface area contributed by atoms with Gasteiger partial charge in [0.05, 0.1) is 17.6 Å². The summed E-state index contributed by atoms with van der Waals surface area (Å²) < 4.78 is 13.2. The maximum atomic E-state index is 13.8. The Labute approximate surface area is 286 Å². The highest BCUT2D eigenvalue weighted by atomic mass is 16.7. The van der Waals surface area contributed by atoms with Gasteiger partial charge in [-0.15, -0.1) is 0 Å². The molecule has 3 aliphatic carbocycles. The van der Waals surface area contributed by atoms with E-state index in [1.54, 1.807) is 0 Å². The Morgan fingerprint density at radius 2 is 1.58 bits per heavy atom. The smallest absolute Gasteiger partial charge is 0.404 e. The van der Waals surface area contributed by atoms with Crippen molar-refractivity contribution >= 4 is 30.8 Å². The van der Waals surface area contributed by atoms with Crippen molar-refractivity contribution in [3.63, 3.8) is 0 Å². The monoisotopic (exact) mass is 677 g/mol. The first-order valence-electron chi connectivity index (χ1n) is 18.1. The summed E-state index contributed by atoms with van der Waals surface area (Å²) in [6.45, 7) is 11.1. The Hall–Kier alpha value is -2.94. The van der Waals surface area contributed by atoms with Crippen LogP contribution in [0.4, 0.5) is 0 Å². The first-order chi connectivity index (χ1) is 22.6. The third kappa shape index (κ3) is 11.3. The molecule has 272 valence electrons. The predicted molar refractivity (Wildman–Crippen MR) is 185 cm³/mol. The number of guanidine groups is 1. The van der Waals surface area contributed by atoms with Gasteiger partial charge < -0.3 is 31.4 Å². The normalized spacial score (nSPS) is 25.5. The number of hydrazine groups is 1. The summed E-state index contributed by atoms with van der Waals surface area (Å²) in [5.74, 6) is -0.220. The Bertz CT molecular complexity index is 1140. The molecule has 14 nitrogen and oxygen atoms in total. The number of hydrogen-bond donors (Lipinski definition) is 5. The van der Waals surface area contributed by atoms with Crippen LogP contribution in [0.15, 0.2) is 4.99 Å². The number of nitrogens with zero attached hydrogens (tertiary/aromatic N) is 2. The van der Waals surface area contributed by atoms with Crippen LogP contribution in [0, 0.1) is 33.3 Å². The molecule has 6 atom stereocenters. The van der Waals surface area contributed by atoms with Crippen LogP contribution < -0.4 is 27.5 Å². The van der Waals surface area contributed by atoms with Gasteiger partial charge in [0.15, 0.2) is 5.03 Å². The number of aliphatic imine (C=N–C) groups is 1. The SMILES string of the molecule is CC(C)C[C@H](NC(=O)[C@H](CCCN=C(N)N[N+](=O)[O-])NC(=O)CCCCCCCCCCC(N)=O)B1O[C@@H]2C[C@H]3C[C@H](C3(C)C)[C@]2(C)O1. The van der Waals surface area contributed by atoms with Crippen LogP contribution in [0.5, 0.6) is 0 Å². The molecule has 48 heavy (non-hydrogen) atoms. The second-order valence-electron chi connectivity index (χ2n) is 15.3. The lowest BCUT2D eigenvalue weighted by molar-refractivity contribution is -0.525. The van der Waals surface area contributed by atoms with Gasteiger partial charge in [-0.2, -0.15) is 0 Å². The number of nitrogens with one attached hydrogen (secondary N) is 3. The Kier molecular flexibility index (Phi) is 15.0. The van der Waals surface area contributed by atoms with Crippen molar-refractivity contribution in [2.24, 2.45) is 39.6 Å². The van der Waals surface area contributed by atoms with Crippen molar-refractivity contribution < 1.29 is 28.7 Å². The van der Waals surface area contributed by atoms with Crippen LogP contribution >= 0.6 is 0 Å². The number of carbonyl (C=O) groups excluding carboxylic acids is 3. The molecule has 3 amide bonds. The Balaban J connectivity index is 1.55. The number of nitro groups is 1. The van der Waals surface area contributed by atoms with E-state index >= 15 is 0 Å². The second-order valence-corrected chi connectivity index (χ2v) is 15.3. The molecular weight excluding hydrogens is 617 g/mol. The number of carbonyl (C=O) groups is 3. The summed E-state index contributed by atoms with van der Waals surface area (Å²) >= 11 is 0. The fourth-order valence-electron chi connectivity index (χ4n) is 7.90. The van der Waals surface area contributed by atoms with Gasteiger partial charge in [0.25, 0.3) is 5.96 Å². The van der Waals surface area contributed by atoms with Crippen molar-refractivity contribution in [3.8, 4) is 0 Å². The average Bonchev–Trinajstić information content (AvgIpc) is 3.35. The van der Waals surface area contributed by atoms with Gasteiger partial charge in [-0.1, -0.05) is 71.6 Å². The van der Waals surface area contributed by atoms with Crippen LogP contribution in [0.2, 0.25) is 0 Å². The maximum Gasteiger partial charge on any atom is 0.481 e. The van der Waals surface area contributed by atoms with E-state index in [-0.39, 0.29) is 54.1 Å². The zero-order valence-corrected chi connectivity index (χ0v) is 29.8. The summed E-state index contributed by atoms with van der Waals surface area (Å²) in [6.07, 6.45) is 11.8. The van der Waals surface area contributed by atoms with Gasteiger partial charge in [0.2, 0.25) is 17.7 Å². The average molecular weight is 678 g/mol. The second kappa shape index (κ2) is 18.2. The van der Waals surface area contributed by atoms with E-state index in [9.17, 15) is 24.5 Å². The number of hydrogen-bond acceptors (Lipinski definition) is 8. The lowest BCUT2D eigenvalue weighted by Gasteiger charge is -2.64. The highest BCUT2D eigenvalue weighted by Gasteiger charge is 2.68. The molecule has 0 radical (unpaired) electrons. The highest BCUT2D eigenvalue weighted by Crippen LogP contribution is 2.65. The van der Waals surface area contributed by atoms with E-state index in [0.29, 0.717) is 43.9 Å². The first kappa shape index (κ1) is 39.5. The third-order valence-electron chi connectivity index (χ3n) is 10.7. The standard InChI is InChI=1S/C33H60BN7O7/c1-22(2)19-27(34-47-26-21-23-20-25(32(23,3)4)33(26,5)48-34)39-30(44)24(15-14-18-37-31(36)40-41(45)46)38-29(43)17-13-11-9-7-6-8-10-12-16-28(35)42/h22-27H,6-21H2,1-5H3,(H2,35,42)(H,38,43)(H,39,44)(H3,36,37,40)/t23-,24+,25-,26-,27+,33+/m1/s1. The van der Waals surface area contributed by atoms with Gasteiger partial charge in [0, 0.05) is 19.4 Å². The van der Waals surface area contributed by atoms with Crippen LogP contribution in [-0.4, -0.2) is 66.1 Å². The predicted octanol–water partition coefficient (Wildman–Crippen LogP) is 3.53. The first-order valence-corrected chi connectivity index (χ1v) is 18.1. The summed E-state index contributed by atoms with van der Waals surface area (Å²) in [4.78, 5) is 52.2. The molecule has 1 aliphatic heterocycles. The van der Waals surface area contributed by atoms with Crippen LogP contribution in [-0.2, 0) is 23.7 Å². The summed E-state index contributed by atoms with van der Waals surface area (Å²) in [5, 5.41) is 15.9. The third-order valence-corrected chi connectivity index (χ3v) is 10.7. The molecule has 7 N–H and O–H groups in total. The summed E-state index contributed by atoms with van der Waals surface area (Å²) in [5.41, 5.74) is 12.3. The quantitative estimate of drug-likeness (QED) is 0.0283. The highest BCUT2D eigenvalue weighted by molar-refractivity contribution is 6.48. The molecule has 15 heteroatoms. The van der Waals surface area contributed by atoms with Crippen LogP contribution in [0.25, 0.3) is 0 Å². The van der Waals surface area contributed by atoms with Gasteiger partial charge in [0.1, 0.15) is 6.04 Å². The molecule has 4 rings (SSSR count). The molecule has 4 fully saturated rings. The number of amides is 3. The molecular formula is C33H60BN7O7. The molecule has 0 aromatic heterocycles. The minimum absolute atomic E-state index is 0.0146. The van der Waals surface area contributed by atoms with E-state index < -0.39 is 29.7 Å². The Morgan fingerprint density at radius 3 is 2.17 bits per heavy atom. The number of unbranched alkanes of at least 4 members (excludes halogenated alkanes) is 7. The fourth-order valence-corrected chi connectivity index (χ4v) is 7.90. The van der Waals surface area contributed by atoms with Gasteiger partial charge >= 0.3 is 7.12 Å².